The Balaban J connectivity index is 2.78. The van der Waals surface area contributed by atoms with Crippen LogP contribution < -0.4 is 5.32 Å². The quantitative estimate of drug-likeness (QED) is 0.818. The minimum atomic E-state index is -4.52. The van der Waals surface area contributed by atoms with Crippen LogP contribution in [0.1, 0.15) is 20.3 Å². The van der Waals surface area contributed by atoms with Crippen LogP contribution in [-0.2, 0) is 9.84 Å². The molecular weight excluding hydrogens is 296 g/mol. The molecule has 0 saturated heterocycles. The lowest BCUT2D eigenvalue weighted by molar-refractivity contribution is 0.234. The van der Waals surface area contributed by atoms with Gasteiger partial charge in [0.2, 0.25) is 9.84 Å². The molecule has 2 unspecified atom stereocenters. The third-order valence-electron chi connectivity index (χ3n) is 2.51. The van der Waals surface area contributed by atoms with E-state index in [0.717, 1.165) is 6.42 Å². The van der Waals surface area contributed by atoms with Crippen molar-refractivity contribution in [3.63, 3.8) is 0 Å². The molecule has 0 bridgehead atoms. The van der Waals surface area contributed by atoms with Crippen LogP contribution in [0.15, 0.2) is 29.2 Å². The average molecular weight is 312 g/mol. The van der Waals surface area contributed by atoms with E-state index < -0.39 is 15.6 Å². The van der Waals surface area contributed by atoms with Crippen molar-refractivity contribution in [3.05, 3.63) is 24.3 Å². The Morgan fingerprint density at radius 2 is 1.74 bits per heavy atom. The molecule has 1 aromatic rings. The summed E-state index contributed by atoms with van der Waals surface area (Å²) in [4.78, 5) is -0.383. The molecule has 0 spiro atoms. The number of benzene rings is 1. The van der Waals surface area contributed by atoms with E-state index >= 15 is 0 Å². The molecule has 1 aromatic carbocycles. The standard InChI is InChI=1S/C12H16ClF2NO2S/c1-8(13)7-9(2)16-10-3-5-11(6-4-10)19(17,18)12(14)15/h3-6,8-9,12,16H,7H2,1-2H3. The fraction of sp³-hybridized carbons (Fsp3) is 0.500. The van der Waals surface area contributed by atoms with Crippen LogP contribution >= 0.6 is 11.6 Å². The largest absolute Gasteiger partial charge is 0.383 e. The molecule has 1 N–H and O–H groups in total. The average Bonchev–Trinajstić information content (AvgIpc) is 2.28. The molecule has 0 aromatic heterocycles. The van der Waals surface area contributed by atoms with Gasteiger partial charge in [-0.2, -0.15) is 8.78 Å². The molecule has 0 heterocycles. The van der Waals surface area contributed by atoms with Crippen LogP contribution in [0.5, 0.6) is 0 Å². The van der Waals surface area contributed by atoms with Crippen molar-refractivity contribution in [2.75, 3.05) is 5.32 Å². The predicted octanol–water partition coefficient (Wildman–Crippen LogP) is 3.50. The lowest BCUT2D eigenvalue weighted by atomic mass is 10.2. The van der Waals surface area contributed by atoms with Crippen molar-refractivity contribution in [3.8, 4) is 0 Å². The molecule has 0 aliphatic carbocycles. The smallest absolute Gasteiger partial charge is 0.341 e. The van der Waals surface area contributed by atoms with Crippen LogP contribution in [0.3, 0.4) is 0 Å². The van der Waals surface area contributed by atoms with Crippen LogP contribution in [0, 0.1) is 0 Å². The first-order valence-corrected chi connectivity index (χ1v) is 7.74. The maximum Gasteiger partial charge on any atom is 0.341 e. The van der Waals surface area contributed by atoms with Gasteiger partial charge >= 0.3 is 5.76 Å². The van der Waals surface area contributed by atoms with Gasteiger partial charge < -0.3 is 5.32 Å². The number of anilines is 1. The number of rotatable bonds is 6. The highest BCUT2D eigenvalue weighted by Crippen LogP contribution is 2.21. The summed E-state index contributed by atoms with van der Waals surface area (Å²) in [5.41, 5.74) is 0.665. The van der Waals surface area contributed by atoms with Gasteiger partial charge in [-0.25, -0.2) is 8.42 Å². The number of alkyl halides is 3. The molecule has 1 rings (SSSR count). The van der Waals surface area contributed by atoms with Crippen molar-refractivity contribution >= 4 is 27.1 Å². The summed E-state index contributed by atoms with van der Waals surface area (Å²) in [5, 5.41) is 3.13. The highest BCUT2D eigenvalue weighted by atomic mass is 35.5. The summed E-state index contributed by atoms with van der Waals surface area (Å²) < 4.78 is 47.1. The summed E-state index contributed by atoms with van der Waals surface area (Å²) in [6, 6.07) is 5.36. The van der Waals surface area contributed by atoms with E-state index in [9.17, 15) is 17.2 Å². The Morgan fingerprint density at radius 1 is 1.21 bits per heavy atom. The van der Waals surface area contributed by atoms with Gasteiger partial charge in [0.05, 0.1) is 4.90 Å². The number of nitrogens with one attached hydrogen (secondary N) is 1. The summed E-state index contributed by atoms with van der Waals surface area (Å²) >= 11 is 5.86. The second-order valence-electron chi connectivity index (χ2n) is 4.39. The molecule has 0 radical (unpaired) electrons. The Hall–Kier alpha value is -0.880. The van der Waals surface area contributed by atoms with Crippen LogP contribution in [0.25, 0.3) is 0 Å². The second-order valence-corrected chi connectivity index (χ2v) is 7.05. The number of hydrogen-bond donors (Lipinski definition) is 1. The third kappa shape index (κ3) is 4.62. The first kappa shape index (κ1) is 16.2. The molecule has 0 saturated carbocycles. The third-order valence-corrected chi connectivity index (χ3v) is 4.09. The Kier molecular flexibility index (Phi) is 5.55. The Labute approximate surface area is 116 Å². The predicted molar refractivity (Wildman–Crippen MR) is 72.6 cm³/mol. The van der Waals surface area contributed by atoms with Gasteiger partial charge in [-0.1, -0.05) is 0 Å². The molecule has 108 valence electrons. The van der Waals surface area contributed by atoms with Gasteiger partial charge in [0.25, 0.3) is 0 Å². The SMILES string of the molecule is CC(Cl)CC(C)Nc1ccc(S(=O)(=O)C(F)F)cc1. The van der Waals surface area contributed by atoms with E-state index in [0.29, 0.717) is 5.69 Å². The van der Waals surface area contributed by atoms with Crippen molar-refractivity contribution in [1.82, 2.24) is 0 Å². The van der Waals surface area contributed by atoms with Gasteiger partial charge in [0.1, 0.15) is 0 Å². The number of hydrogen-bond acceptors (Lipinski definition) is 3. The maximum atomic E-state index is 12.3. The Bertz CT molecular complexity index is 503. The zero-order valence-corrected chi connectivity index (χ0v) is 12.2. The minimum absolute atomic E-state index is 0.0148. The number of halogens is 3. The highest BCUT2D eigenvalue weighted by Gasteiger charge is 2.26. The molecule has 7 heteroatoms. The first-order chi connectivity index (χ1) is 8.73. The molecular formula is C12H16ClF2NO2S. The Morgan fingerprint density at radius 3 is 2.16 bits per heavy atom. The van der Waals surface area contributed by atoms with Crippen LogP contribution in [-0.4, -0.2) is 25.6 Å². The van der Waals surface area contributed by atoms with Gasteiger partial charge in [-0.3, -0.25) is 0 Å². The van der Waals surface area contributed by atoms with E-state index in [4.69, 9.17) is 11.6 Å². The zero-order chi connectivity index (χ0) is 14.6. The lowest BCUT2D eigenvalue weighted by Crippen LogP contribution is -2.18. The van der Waals surface area contributed by atoms with Gasteiger partial charge in [-0.15, -0.1) is 11.6 Å². The van der Waals surface area contributed by atoms with Gasteiger partial charge in [0, 0.05) is 17.1 Å². The molecule has 0 fully saturated rings. The first-order valence-electron chi connectivity index (χ1n) is 5.76. The minimum Gasteiger partial charge on any atom is -0.383 e. The van der Waals surface area contributed by atoms with Crippen LogP contribution in [0.4, 0.5) is 14.5 Å². The topological polar surface area (TPSA) is 46.2 Å². The molecule has 0 aliphatic heterocycles. The summed E-state index contributed by atoms with van der Waals surface area (Å²) in [5.74, 6) is -3.40. The molecule has 0 amide bonds. The van der Waals surface area contributed by atoms with Crippen molar-refractivity contribution < 1.29 is 17.2 Å². The zero-order valence-electron chi connectivity index (χ0n) is 10.6. The highest BCUT2D eigenvalue weighted by molar-refractivity contribution is 7.91. The van der Waals surface area contributed by atoms with E-state index in [1.54, 1.807) is 0 Å². The van der Waals surface area contributed by atoms with Gasteiger partial charge in [-0.05, 0) is 44.5 Å². The molecule has 0 aliphatic rings. The molecule has 19 heavy (non-hydrogen) atoms. The van der Waals surface area contributed by atoms with E-state index in [1.807, 2.05) is 13.8 Å². The summed E-state index contributed by atoms with van der Waals surface area (Å²) in [7, 11) is -4.52. The van der Waals surface area contributed by atoms with E-state index in [2.05, 4.69) is 5.32 Å². The monoisotopic (exact) mass is 311 g/mol. The molecule has 2 atom stereocenters. The fourth-order valence-corrected chi connectivity index (χ4v) is 2.66. The van der Waals surface area contributed by atoms with Gasteiger partial charge in [0.15, 0.2) is 0 Å². The number of sulfone groups is 1. The van der Waals surface area contributed by atoms with Crippen molar-refractivity contribution in [2.24, 2.45) is 0 Å². The van der Waals surface area contributed by atoms with Crippen LogP contribution in [0.2, 0.25) is 0 Å². The van der Waals surface area contributed by atoms with E-state index in [1.165, 1.54) is 24.3 Å². The summed E-state index contributed by atoms with van der Waals surface area (Å²) in [6.45, 7) is 3.81. The normalized spacial score (nSPS) is 15.3. The fourth-order valence-electron chi connectivity index (χ4n) is 1.67. The van der Waals surface area contributed by atoms with Crippen molar-refractivity contribution in [1.29, 1.82) is 0 Å². The van der Waals surface area contributed by atoms with Crippen molar-refractivity contribution in [2.45, 2.75) is 42.3 Å². The summed E-state index contributed by atoms with van der Waals surface area (Å²) in [6.07, 6.45) is 0.735. The second kappa shape index (κ2) is 6.52. The molecule has 3 nitrogen and oxygen atoms in total. The maximum absolute atomic E-state index is 12.3. The van der Waals surface area contributed by atoms with E-state index in [-0.39, 0.29) is 16.3 Å². The lowest BCUT2D eigenvalue weighted by Gasteiger charge is -2.16.